The summed E-state index contributed by atoms with van der Waals surface area (Å²) in [4.78, 5) is 7.48. The minimum atomic E-state index is -4.16. The van der Waals surface area contributed by atoms with E-state index in [4.69, 9.17) is 4.99 Å². The SMILES string of the molecule is Cc1cc(C)c(SCC(F)(F)F)cc1N=C1CCCCN1C. The zero-order chi connectivity index (χ0) is 16.3. The molecule has 1 aromatic carbocycles. The summed E-state index contributed by atoms with van der Waals surface area (Å²) in [6.07, 6.45) is -0.953. The number of aryl methyl sites for hydroxylation is 2. The molecule has 22 heavy (non-hydrogen) atoms. The molecule has 2 nitrogen and oxygen atoms in total. The van der Waals surface area contributed by atoms with E-state index in [0.29, 0.717) is 4.90 Å². The van der Waals surface area contributed by atoms with Crippen LogP contribution in [0.2, 0.25) is 0 Å². The van der Waals surface area contributed by atoms with E-state index < -0.39 is 11.9 Å². The van der Waals surface area contributed by atoms with Crippen LogP contribution >= 0.6 is 11.8 Å². The van der Waals surface area contributed by atoms with E-state index in [1.54, 1.807) is 6.07 Å². The molecule has 1 aliphatic heterocycles. The molecule has 0 aromatic heterocycles. The first-order valence-corrected chi connectivity index (χ1v) is 8.34. The highest BCUT2D eigenvalue weighted by Crippen LogP contribution is 2.34. The quantitative estimate of drug-likeness (QED) is 0.716. The van der Waals surface area contributed by atoms with Gasteiger partial charge < -0.3 is 4.90 Å². The number of nitrogens with zero attached hydrogens (tertiary/aromatic N) is 2. The third-order valence-electron chi connectivity index (χ3n) is 3.72. The molecule has 0 atom stereocenters. The second kappa shape index (κ2) is 6.94. The van der Waals surface area contributed by atoms with Gasteiger partial charge in [0.25, 0.3) is 0 Å². The molecule has 0 spiro atoms. The zero-order valence-electron chi connectivity index (χ0n) is 13.1. The van der Waals surface area contributed by atoms with Crippen molar-refractivity contribution in [2.45, 2.75) is 44.2 Å². The summed E-state index contributed by atoms with van der Waals surface area (Å²) in [5.74, 6) is 0.150. The number of amidine groups is 1. The lowest BCUT2D eigenvalue weighted by molar-refractivity contribution is -0.105. The molecule has 1 aromatic rings. The third kappa shape index (κ3) is 4.66. The number of halogens is 3. The van der Waals surface area contributed by atoms with Crippen molar-refractivity contribution in [2.24, 2.45) is 4.99 Å². The van der Waals surface area contributed by atoms with Crippen LogP contribution in [-0.4, -0.2) is 36.3 Å². The van der Waals surface area contributed by atoms with Crippen molar-refractivity contribution in [3.8, 4) is 0 Å². The summed E-state index contributed by atoms with van der Waals surface area (Å²) >= 11 is 0.832. The Hall–Kier alpha value is -1.17. The molecule has 1 heterocycles. The molecule has 122 valence electrons. The Morgan fingerprint density at radius 2 is 1.91 bits per heavy atom. The Balaban J connectivity index is 2.26. The average molecular weight is 330 g/mol. The number of rotatable bonds is 3. The van der Waals surface area contributed by atoms with Gasteiger partial charge in [-0.25, -0.2) is 4.99 Å². The number of piperidine rings is 1. The highest BCUT2D eigenvalue weighted by atomic mass is 32.2. The summed E-state index contributed by atoms with van der Waals surface area (Å²) in [7, 11) is 2.01. The maximum atomic E-state index is 12.4. The average Bonchev–Trinajstić information content (AvgIpc) is 2.41. The molecule has 0 aliphatic carbocycles. The maximum Gasteiger partial charge on any atom is 0.398 e. The normalized spacial score (nSPS) is 18.1. The van der Waals surface area contributed by atoms with Crippen LogP contribution in [-0.2, 0) is 0 Å². The van der Waals surface area contributed by atoms with E-state index in [1.807, 2.05) is 27.0 Å². The monoisotopic (exact) mass is 330 g/mol. The van der Waals surface area contributed by atoms with Gasteiger partial charge in [0.05, 0.1) is 11.4 Å². The largest absolute Gasteiger partial charge is 0.398 e. The fourth-order valence-electron chi connectivity index (χ4n) is 2.49. The van der Waals surface area contributed by atoms with Gasteiger partial charge in [0.2, 0.25) is 0 Å². The Morgan fingerprint density at radius 3 is 2.55 bits per heavy atom. The van der Waals surface area contributed by atoms with Crippen molar-refractivity contribution < 1.29 is 13.2 Å². The van der Waals surface area contributed by atoms with E-state index in [9.17, 15) is 13.2 Å². The lowest BCUT2D eigenvalue weighted by Crippen LogP contribution is -2.31. The predicted molar refractivity (Wildman–Crippen MR) is 86.3 cm³/mol. The van der Waals surface area contributed by atoms with Crippen LogP contribution in [0.3, 0.4) is 0 Å². The van der Waals surface area contributed by atoms with Gasteiger partial charge in [-0.1, -0.05) is 6.07 Å². The van der Waals surface area contributed by atoms with Crippen molar-refractivity contribution in [3.63, 3.8) is 0 Å². The van der Waals surface area contributed by atoms with E-state index in [-0.39, 0.29) is 0 Å². The van der Waals surface area contributed by atoms with E-state index >= 15 is 0 Å². The van der Waals surface area contributed by atoms with Gasteiger partial charge >= 0.3 is 6.18 Å². The molecule has 0 N–H and O–H groups in total. The van der Waals surface area contributed by atoms with Crippen molar-refractivity contribution in [1.29, 1.82) is 0 Å². The van der Waals surface area contributed by atoms with Gasteiger partial charge in [0, 0.05) is 24.9 Å². The molecular formula is C16H21F3N2S. The summed E-state index contributed by atoms with van der Waals surface area (Å²) in [6, 6.07) is 3.71. The Labute approximate surface area is 133 Å². The number of hydrogen-bond acceptors (Lipinski definition) is 2. The van der Waals surface area contributed by atoms with E-state index in [0.717, 1.165) is 60.2 Å². The Kier molecular flexibility index (Phi) is 5.42. The van der Waals surface area contributed by atoms with Crippen LogP contribution in [0.25, 0.3) is 0 Å². The van der Waals surface area contributed by atoms with Crippen LogP contribution in [0.1, 0.15) is 30.4 Å². The molecule has 0 bridgehead atoms. The number of thioether (sulfide) groups is 1. The first-order chi connectivity index (χ1) is 10.3. The lowest BCUT2D eigenvalue weighted by Gasteiger charge is -2.26. The summed E-state index contributed by atoms with van der Waals surface area (Å²) < 4.78 is 37.3. The molecule has 6 heteroatoms. The number of benzene rings is 1. The molecule has 0 unspecified atom stereocenters. The summed E-state index contributed by atoms with van der Waals surface area (Å²) in [5, 5.41) is 0. The molecule has 1 aliphatic rings. The van der Waals surface area contributed by atoms with E-state index in [1.165, 1.54) is 0 Å². The number of likely N-dealkylation sites (tertiary alicyclic amines) is 1. The summed E-state index contributed by atoms with van der Waals surface area (Å²) in [5.41, 5.74) is 2.65. The first kappa shape index (κ1) is 17.2. The maximum absolute atomic E-state index is 12.4. The van der Waals surface area contributed by atoms with Crippen LogP contribution in [0, 0.1) is 13.8 Å². The minimum absolute atomic E-state index is 0.653. The molecule has 2 rings (SSSR count). The number of alkyl halides is 3. The minimum Gasteiger partial charge on any atom is -0.363 e. The van der Waals surface area contributed by atoms with Crippen LogP contribution in [0.15, 0.2) is 22.0 Å². The fourth-order valence-corrected chi connectivity index (χ4v) is 3.29. The third-order valence-corrected chi connectivity index (χ3v) is 4.94. The van der Waals surface area contributed by atoms with Crippen molar-refractivity contribution in [1.82, 2.24) is 4.90 Å². The summed E-state index contributed by atoms with van der Waals surface area (Å²) in [6.45, 7) is 4.78. The zero-order valence-corrected chi connectivity index (χ0v) is 13.9. The predicted octanol–water partition coefficient (Wildman–Crippen LogP) is 5.10. The van der Waals surface area contributed by atoms with Gasteiger partial charge in [-0.05, 0) is 43.9 Å². The molecule has 0 radical (unpaired) electrons. The molecule has 0 saturated carbocycles. The van der Waals surface area contributed by atoms with Crippen LogP contribution in [0.5, 0.6) is 0 Å². The van der Waals surface area contributed by atoms with Crippen LogP contribution in [0.4, 0.5) is 18.9 Å². The Bertz CT molecular complexity index is 567. The van der Waals surface area contributed by atoms with Gasteiger partial charge in [-0.15, -0.1) is 11.8 Å². The molecule has 1 saturated heterocycles. The van der Waals surface area contributed by atoms with Gasteiger partial charge in [-0.2, -0.15) is 13.2 Å². The van der Waals surface area contributed by atoms with Crippen LogP contribution < -0.4 is 0 Å². The second-order valence-corrected chi connectivity index (χ2v) is 6.73. The highest BCUT2D eigenvalue weighted by molar-refractivity contribution is 7.99. The Morgan fingerprint density at radius 1 is 1.18 bits per heavy atom. The van der Waals surface area contributed by atoms with Crippen molar-refractivity contribution >= 4 is 23.3 Å². The van der Waals surface area contributed by atoms with Gasteiger partial charge in [0.15, 0.2) is 0 Å². The number of aliphatic imine (C=N–C) groups is 1. The first-order valence-electron chi connectivity index (χ1n) is 7.36. The molecule has 0 amide bonds. The molecular weight excluding hydrogens is 309 g/mol. The van der Waals surface area contributed by atoms with Crippen molar-refractivity contribution in [3.05, 3.63) is 23.3 Å². The molecule has 1 fully saturated rings. The fraction of sp³-hybridized carbons (Fsp3) is 0.562. The van der Waals surface area contributed by atoms with Gasteiger partial charge in [0.1, 0.15) is 5.84 Å². The number of hydrogen-bond donors (Lipinski definition) is 0. The van der Waals surface area contributed by atoms with Gasteiger partial charge in [-0.3, -0.25) is 0 Å². The van der Waals surface area contributed by atoms with Crippen molar-refractivity contribution in [2.75, 3.05) is 19.3 Å². The second-order valence-electron chi connectivity index (χ2n) is 5.71. The standard InChI is InChI=1S/C16H21F3N2S/c1-11-8-12(2)14(22-10-16(17,18)19)9-13(11)20-15-6-4-5-7-21(15)3/h8-9H,4-7,10H2,1-3H3. The highest BCUT2D eigenvalue weighted by Gasteiger charge is 2.27. The topological polar surface area (TPSA) is 15.6 Å². The lowest BCUT2D eigenvalue weighted by atomic mass is 10.1. The van der Waals surface area contributed by atoms with E-state index in [2.05, 4.69) is 4.90 Å². The smallest absolute Gasteiger partial charge is 0.363 e.